The Morgan fingerprint density at radius 3 is 2.43 bits per heavy atom. The first-order valence-corrected chi connectivity index (χ1v) is 10.2. The Labute approximate surface area is 174 Å². The zero-order valence-electron chi connectivity index (χ0n) is 16.6. The Hall–Kier alpha value is -2.93. The summed E-state index contributed by atoms with van der Waals surface area (Å²) in [5, 5.41) is 13.1. The van der Waals surface area contributed by atoms with E-state index in [-0.39, 0.29) is 24.9 Å². The highest BCUT2D eigenvalue weighted by Crippen LogP contribution is 2.40. The molecule has 2 N–H and O–H groups in total. The first kappa shape index (κ1) is 20.3. The van der Waals surface area contributed by atoms with Crippen molar-refractivity contribution in [1.82, 2.24) is 10.2 Å². The molecule has 1 saturated heterocycles. The van der Waals surface area contributed by atoms with Crippen molar-refractivity contribution >= 4 is 11.9 Å². The molecule has 0 radical (unpaired) electrons. The van der Waals surface area contributed by atoms with Gasteiger partial charge in [-0.2, -0.15) is 0 Å². The summed E-state index contributed by atoms with van der Waals surface area (Å²) >= 11 is 0. The quantitative estimate of drug-likeness (QED) is 0.714. The summed E-state index contributed by atoms with van der Waals surface area (Å²) in [6.45, 7) is -0.249. The summed E-state index contributed by atoms with van der Waals surface area (Å²) in [4.78, 5) is 26.6. The monoisotopic (exact) mass is 412 g/mol. The van der Waals surface area contributed by atoms with Crippen LogP contribution in [0.4, 0.5) is 9.18 Å². The number of nitrogens with zero attached hydrogens (tertiary/aromatic N) is 1. The molecule has 1 saturated carbocycles. The highest BCUT2D eigenvalue weighted by atomic mass is 19.1. The van der Waals surface area contributed by atoms with Crippen LogP contribution >= 0.6 is 0 Å². The molecular weight excluding hydrogens is 387 g/mol. The zero-order chi connectivity index (χ0) is 21.1. The predicted octanol–water partition coefficient (Wildman–Crippen LogP) is 3.21. The number of nitrogens with one attached hydrogen (secondary N) is 1. The lowest BCUT2D eigenvalue weighted by Gasteiger charge is -2.35. The van der Waals surface area contributed by atoms with E-state index in [0.717, 1.165) is 17.7 Å². The van der Waals surface area contributed by atoms with E-state index < -0.39 is 17.7 Å². The minimum absolute atomic E-state index is 0.105. The molecule has 1 unspecified atom stereocenters. The maximum absolute atomic E-state index is 13.0. The van der Waals surface area contributed by atoms with Crippen LogP contribution in [-0.4, -0.2) is 46.7 Å². The second-order valence-electron chi connectivity index (χ2n) is 8.03. The highest BCUT2D eigenvalue weighted by molar-refractivity contribution is 6.07. The van der Waals surface area contributed by atoms with Crippen molar-refractivity contribution < 1.29 is 23.8 Å². The molecule has 30 heavy (non-hydrogen) atoms. The third kappa shape index (κ3) is 4.16. The van der Waals surface area contributed by atoms with Gasteiger partial charge in [0.2, 0.25) is 0 Å². The van der Waals surface area contributed by atoms with Gasteiger partial charge in [0, 0.05) is 0 Å². The number of aliphatic hydroxyl groups excluding tert-OH is 1. The van der Waals surface area contributed by atoms with Crippen molar-refractivity contribution in [1.29, 1.82) is 0 Å². The van der Waals surface area contributed by atoms with Crippen LogP contribution in [0, 0.1) is 5.82 Å². The number of halogens is 1. The molecule has 158 valence electrons. The SMILES string of the molecule is O=C1NC2(CCC(c3ccccc3)CC2)C(=O)N1CC(O)COc1ccc(F)cc1. The Bertz CT molecular complexity index is 895. The fourth-order valence-corrected chi connectivity index (χ4v) is 4.34. The van der Waals surface area contributed by atoms with E-state index in [1.807, 2.05) is 18.2 Å². The number of benzene rings is 2. The molecule has 4 rings (SSSR count). The molecule has 2 aromatic carbocycles. The van der Waals surface area contributed by atoms with Crippen LogP contribution in [0.15, 0.2) is 54.6 Å². The van der Waals surface area contributed by atoms with Crippen LogP contribution in [-0.2, 0) is 4.79 Å². The number of hydrogen-bond acceptors (Lipinski definition) is 4. The molecular formula is C23H25FN2O4. The molecule has 0 aromatic heterocycles. The number of β-amino-alcohol motifs (C(OH)–C–C–N with tert-alkyl or cyclic N) is 1. The first-order valence-electron chi connectivity index (χ1n) is 10.2. The number of rotatable bonds is 6. The summed E-state index contributed by atoms with van der Waals surface area (Å²) in [6.07, 6.45) is 1.76. The van der Waals surface area contributed by atoms with Crippen LogP contribution in [0.1, 0.15) is 37.2 Å². The van der Waals surface area contributed by atoms with Gasteiger partial charge in [0.1, 0.15) is 29.8 Å². The topological polar surface area (TPSA) is 78.9 Å². The number of ether oxygens (including phenoxy) is 1. The van der Waals surface area contributed by atoms with Crippen LogP contribution < -0.4 is 10.1 Å². The predicted molar refractivity (Wildman–Crippen MR) is 109 cm³/mol. The fraction of sp³-hybridized carbons (Fsp3) is 0.391. The molecule has 1 aliphatic heterocycles. The number of carbonyl (C=O) groups is 2. The number of hydrogen-bond donors (Lipinski definition) is 2. The normalized spacial score (nSPS) is 24.7. The van der Waals surface area contributed by atoms with Gasteiger partial charge in [0.15, 0.2) is 0 Å². The second kappa shape index (κ2) is 8.44. The van der Waals surface area contributed by atoms with Gasteiger partial charge in [-0.25, -0.2) is 9.18 Å². The van der Waals surface area contributed by atoms with E-state index in [1.54, 1.807) is 0 Å². The smallest absolute Gasteiger partial charge is 0.325 e. The largest absolute Gasteiger partial charge is 0.491 e. The Kier molecular flexibility index (Phi) is 5.72. The van der Waals surface area contributed by atoms with Crippen molar-refractivity contribution in [3.63, 3.8) is 0 Å². The summed E-state index contributed by atoms with van der Waals surface area (Å²) in [6, 6.07) is 15.2. The summed E-state index contributed by atoms with van der Waals surface area (Å²) < 4.78 is 18.4. The highest BCUT2D eigenvalue weighted by Gasteiger charge is 2.52. The Morgan fingerprint density at radius 1 is 1.10 bits per heavy atom. The molecule has 1 aliphatic carbocycles. The van der Waals surface area contributed by atoms with Crippen molar-refractivity contribution in [3.05, 3.63) is 66.0 Å². The number of amides is 3. The van der Waals surface area contributed by atoms with Gasteiger partial charge in [0.05, 0.1) is 6.54 Å². The van der Waals surface area contributed by atoms with Gasteiger partial charge in [-0.05, 0) is 61.4 Å². The third-order valence-corrected chi connectivity index (χ3v) is 6.01. The number of carbonyl (C=O) groups excluding carboxylic acids is 2. The minimum atomic E-state index is -1.04. The molecule has 6 nitrogen and oxygen atoms in total. The summed E-state index contributed by atoms with van der Waals surface area (Å²) in [5.41, 5.74) is 0.384. The Morgan fingerprint density at radius 2 is 1.77 bits per heavy atom. The van der Waals surface area contributed by atoms with Gasteiger partial charge >= 0.3 is 6.03 Å². The van der Waals surface area contributed by atoms with Gasteiger partial charge in [-0.3, -0.25) is 9.69 Å². The maximum Gasteiger partial charge on any atom is 0.325 e. The van der Waals surface area contributed by atoms with Gasteiger partial charge in [0.25, 0.3) is 5.91 Å². The zero-order valence-corrected chi connectivity index (χ0v) is 16.6. The van der Waals surface area contributed by atoms with Crippen molar-refractivity contribution in [2.75, 3.05) is 13.2 Å². The lowest BCUT2D eigenvalue weighted by atomic mass is 9.74. The first-order chi connectivity index (χ1) is 14.5. The summed E-state index contributed by atoms with van der Waals surface area (Å²) in [7, 11) is 0. The van der Waals surface area contributed by atoms with Gasteiger partial charge in [-0.15, -0.1) is 0 Å². The van der Waals surface area contributed by atoms with Crippen LogP contribution in [0.3, 0.4) is 0 Å². The maximum atomic E-state index is 13.0. The third-order valence-electron chi connectivity index (χ3n) is 6.01. The molecule has 1 heterocycles. The minimum Gasteiger partial charge on any atom is -0.491 e. The van der Waals surface area contributed by atoms with E-state index in [2.05, 4.69) is 17.4 Å². The molecule has 2 aromatic rings. The second-order valence-corrected chi connectivity index (χ2v) is 8.03. The van der Waals surface area contributed by atoms with Gasteiger partial charge < -0.3 is 15.2 Å². The fourth-order valence-electron chi connectivity index (χ4n) is 4.34. The van der Waals surface area contributed by atoms with Crippen LogP contribution in [0.2, 0.25) is 0 Å². The molecule has 2 aliphatic rings. The van der Waals surface area contributed by atoms with Crippen molar-refractivity contribution in [3.8, 4) is 5.75 Å². The van der Waals surface area contributed by atoms with Gasteiger partial charge in [-0.1, -0.05) is 30.3 Å². The molecule has 1 spiro atoms. The number of imide groups is 1. The van der Waals surface area contributed by atoms with E-state index in [0.29, 0.717) is 24.5 Å². The van der Waals surface area contributed by atoms with Crippen LogP contribution in [0.25, 0.3) is 0 Å². The lowest BCUT2D eigenvalue weighted by molar-refractivity contribution is -0.133. The van der Waals surface area contributed by atoms with Crippen molar-refractivity contribution in [2.24, 2.45) is 0 Å². The summed E-state index contributed by atoms with van der Waals surface area (Å²) in [5.74, 6) is 0.128. The average Bonchev–Trinajstić information content (AvgIpc) is 2.98. The molecule has 0 bridgehead atoms. The average molecular weight is 412 g/mol. The lowest BCUT2D eigenvalue weighted by Crippen LogP contribution is -2.49. The molecule has 1 atom stereocenters. The number of aliphatic hydroxyl groups is 1. The Balaban J connectivity index is 1.33. The van der Waals surface area contributed by atoms with Crippen LogP contribution in [0.5, 0.6) is 5.75 Å². The number of urea groups is 1. The van der Waals surface area contributed by atoms with E-state index in [4.69, 9.17) is 4.74 Å². The molecule has 2 fully saturated rings. The van der Waals surface area contributed by atoms with Crippen molar-refractivity contribution in [2.45, 2.75) is 43.2 Å². The standard InChI is InChI=1S/C23H25FN2O4/c24-18-6-8-20(9-7-18)30-15-19(27)14-26-21(28)23(25-22(26)29)12-10-17(11-13-23)16-4-2-1-3-5-16/h1-9,17,19,27H,10-15H2,(H,25,29). The molecule has 3 amide bonds. The van der Waals surface area contributed by atoms with E-state index >= 15 is 0 Å². The molecule has 7 heteroatoms. The van der Waals surface area contributed by atoms with E-state index in [9.17, 15) is 19.1 Å². The van der Waals surface area contributed by atoms with E-state index in [1.165, 1.54) is 29.8 Å².